The Morgan fingerprint density at radius 1 is 1.56 bits per heavy atom. The molecule has 0 spiro atoms. The van der Waals surface area contributed by atoms with Crippen molar-refractivity contribution in [1.29, 1.82) is 0 Å². The topological polar surface area (TPSA) is 53.6 Å². The van der Waals surface area contributed by atoms with E-state index < -0.39 is 0 Å². The van der Waals surface area contributed by atoms with Gasteiger partial charge in [0.15, 0.2) is 0 Å². The van der Waals surface area contributed by atoms with Crippen molar-refractivity contribution in [2.75, 3.05) is 39.8 Å². The molecule has 0 aliphatic carbocycles. The van der Waals surface area contributed by atoms with E-state index in [1.54, 1.807) is 0 Å². The molecule has 106 valence electrons. The summed E-state index contributed by atoms with van der Waals surface area (Å²) >= 11 is 0. The van der Waals surface area contributed by atoms with Crippen molar-refractivity contribution in [3.8, 4) is 0 Å². The van der Waals surface area contributed by atoms with Crippen molar-refractivity contribution >= 4 is 5.91 Å². The van der Waals surface area contributed by atoms with Gasteiger partial charge in [0.2, 0.25) is 5.91 Å². The summed E-state index contributed by atoms with van der Waals surface area (Å²) in [5.74, 6) is 0.133. The van der Waals surface area contributed by atoms with E-state index in [0.29, 0.717) is 6.61 Å². The molecule has 0 saturated carbocycles. The summed E-state index contributed by atoms with van der Waals surface area (Å²) in [4.78, 5) is 14.2. The maximum atomic E-state index is 12.0. The fraction of sp³-hybridized carbons (Fsp3) is 0.923. The van der Waals surface area contributed by atoms with E-state index in [2.05, 4.69) is 22.5 Å². The SMILES string of the molecule is CCCCNC(=O)C(C)N1CCOC(CNC)C1. The van der Waals surface area contributed by atoms with Crippen molar-refractivity contribution in [2.24, 2.45) is 0 Å². The van der Waals surface area contributed by atoms with Gasteiger partial charge in [0.25, 0.3) is 0 Å². The molecule has 1 fully saturated rings. The first-order valence-corrected chi connectivity index (χ1v) is 6.97. The van der Waals surface area contributed by atoms with Gasteiger partial charge in [-0.05, 0) is 20.4 Å². The molecule has 0 radical (unpaired) electrons. The van der Waals surface area contributed by atoms with Crippen LogP contribution in [0, 0.1) is 0 Å². The Morgan fingerprint density at radius 3 is 3.00 bits per heavy atom. The maximum absolute atomic E-state index is 12.0. The van der Waals surface area contributed by atoms with Gasteiger partial charge in [-0.15, -0.1) is 0 Å². The van der Waals surface area contributed by atoms with Crippen LogP contribution in [-0.4, -0.2) is 62.8 Å². The highest BCUT2D eigenvalue weighted by molar-refractivity contribution is 5.81. The average molecular weight is 257 g/mol. The van der Waals surface area contributed by atoms with Crippen LogP contribution in [0.15, 0.2) is 0 Å². The lowest BCUT2D eigenvalue weighted by Gasteiger charge is -2.36. The van der Waals surface area contributed by atoms with Crippen LogP contribution in [0.2, 0.25) is 0 Å². The molecule has 0 aromatic rings. The lowest BCUT2D eigenvalue weighted by atomic mass is 10.2. The van der Waals surface area contributed by atoms with E-state index in [4.69, 9.17) is 4.74 Å². The zero-order valence-electron chi connectivity index (χ0n) is 11.9. The number of amides is 1. The Labute approximate surface area is 110 Å². The van der Waals surface area contributed by atoms with Crippen molar-refractivity contribution < 1.29 is 9.53 Å². The number of unbranched alkanes of at least 4 members (excludes halogenated alkanes) is 1. The van der Waals surface area contributed by atoms with E-state index in [9.17, 15) is 4.79 Å². The van der Waals surface area contributed by atoms with Crippen molar-refractivity contribution in [3.63, 3.8) is 0 Å². The van der Waals surface area contributed by atoms with Crippen LogP contribution in [0.25, 0.3) is 0 Å². The number of hydrogen-bond acceptors (Lipinski definition) is 4. The Bertz CT molecular complexity index is 246. The zero-order valence-corrected chi connectivity index (χ0v) is 11.9. The first-order chi connectivity index (χ1) is 8.69. The molecule has 2 atom stereocenters. The van der Waals surface area contributed by atoms with E-state index in [-0.39, 0.29) is 18.1 Å². The van der Waals surface area contributed by atoms with Crippen LogP contribution < -0.4 is 10.6 Å². The van der Waals surface area contributed by atoms with Crippen molar-refractivity contribution in [3.05, 3.63) is 0 Å². The minimum Gasteiger partial charge on any atom is -0.374 e. The molecule has 0 aromatic carbocycles. The summed E-state index contributed by atoms with van der Waals surface area (Å²) in [7, 11) is 1.92. The first kappa shape index (κ1) is 15.4. The Kier molecular flexibility index (Phi) is 7.23. The molecule has 18 heavy (non-hydrogen) atoms. The number of rotatable bonds is 7. The molecule has 1 aliphatic heterocycles. The summed E-state index contributed by atoms with van der Waals surface area (Å²) in [6.07, 6.45) is 2.34. The number of hydrogen-bond donors (Lipinski definition) is 2. The molecule has 2 unspecified atom stereocenters. The van der Waals surface area contributed by atoms with Crippen LogP contribution in [0.4, 0.5) is 0 Å². The van der Waals surface area contributed by atoms with Crippen LogP contribution >= 0.6 is 0 Å². The monoisotopic (exact) mass is 257 g/mol. The average Bonchev–Trinajstić information content (AvgIpc) is 2.39. The number of likely N-dealkylation sites (N-methyl/N-ethyl adjacent to an activating group) is 1. The second-order valence-electron chi connectivity index (χ2n) is 4.87. The quantitative estimate of drug-likeness (QED) is 0.640. The smallest absolute Gasteiger partial charge is 0.237 e. The van der Waals surface area contributed by atoms with Gasteiger partial charge >= 0.3 is 0 Å². The van der Waals surface area contributed by atoms with Crippen molar-refractivity contribution in [2.45, 2.75) is 38.8 Å². The highest BCUT2D eigenvalue weighted by atomic mass is 16.5. The van der Waals surface area contributed by atoms with Gasteiger partial charge in [0.1, 0.15) is 0 Å². The molecular weight excluding hydrogens is 230 g/mol. The summed E-state index contributed by atoms with van der Waals surface area (Å²) in [5.41, 5.74) is 0. The lowest BCUT2D eigenvalue weighted by Crippen LogP contribution is -2.53. The fourth-order valence-corrected chi connectivity index (χ4v) is 2.15. The normalized spacial score (nSPS) is 22.7. The van der Waals surface area contributed by atoms with Crippen LogP contribution in [0.1, 0.15) is 26.7 Å². The second kappa shape index (κ2) is 8.45. The van der Waals surface area contributed by atoms with E-state index in [1.807, 2.05) is 14.0 Å². The van der Waals surface area contributed by atoms with E-state index in [0.717, 1.165) is 39.0 Å². The maximum Gasteiger partial charge on any atom is 0.237 e. The summed E-state index contributed by atoms with van der Waals surface area (Å²) in [5, 5.41) is 6.11. The third-order valence-electron chi connectivity index (χ3n) is 3.36. The van der Waals surface area contributed by atoms with Gasteiger partial charge < -0.3 is 15.4 Å². The number of nitrogens with one attached hydrogen (secondary N) is 2. The number of carbonyl (C=O) groups is 1. The number of ether oxygens (including phenoxy) is 1. The second-order valence-corrected chi connectivity index (χ2v) is 4.87. The predicted molar refractivity (Wildman–Crippen MR) is 72.6 cm³/mol. The summed E-state index contributed by atoms with van der Waals surface area (Å²) in [6, 6.07) is -0.0647. The highest BCUT2D eigenvalue weighted by Crippen LogP contribution is 2.08. The Balaban J connectivity index is 2.35. The molecule has 1 aliphatic rings. The zero-order chi connectivity index (χ0) is 13.4. The number of morpholine rings is 1. The molecule has 2 N–H and O–H groups in total. The highest BCUT2D eigenvalue weighted by Gasteiger charge is 2.27. The van der Waals surface area contributed by atoms with Crippen LogP contribution in [0.5, 0.6) is 0 Å². The van der Waals surface area contributed by atoms with Crippen LogP contribution in [0.3, 0.4) is 0 Å². The Hall–Kier alpha value is -0.650. The van der Waals surface area contributed by atoms with Crippen LogP contribution in [-0.2, 0) is 9.53 Å². The summed E-state index contributed by atoms with van der Waals surface area (Å²) in [6.45, 7) is 8.08. The molecule has 1 saturated heterocycles. The third kappa shape index (κ3) is 4.92. The predicted octanol–water partition coefficient (Wildman–Crippen LogP) is 0.211. The number of nitrogens with zero attached hydrogens (tertiary/aromatic N) is 1. The minimum absolute atomic E-state index is 0.0647. The summed E-state index contributed by atoms with van der Waals surface area (Å²) < 4.78 is 5.64. The molecule has 1 heterocycles. The molecule has 0 bridgehead atoms. The first-order valence-electron chi connectivity index (χ1n) is 6.97. The fourth-order valence-electron chi connectivity index (χ4n) is 2.15. The number of carbonyl (C=O) groups excluding carboxylic acids is 1. The lowest BCUT2D eigenvalue weighted by molar-refractivity contribution is -0.129. The van der Waals surface area contributed by atoms with Gasteiger partial charge in [-0.3, -0.25) is 9.69 Å². The largest absolute Gasteiger partial charge is 0.374 e. The Morgan fingerprint density at radius 2 is 2.33 bits per heavy atom. The van der Waals surface area contributed by atoms with Gasteiger partial charge in [0.05, 0.1) is 18.8 Å². The van der Waals surface area contributed by atoms with Crippen molar-refractivity contribution in [1.82, 2.24) is 15.5 Å². The van der Waals surface area contributed by atoms with Gasteiger partial charge in [0, 0.05) is 26.2 Å². The van der Waals surface area contributed by atoms with E-state index >= 15 is 0 Å². The van der Waals surface area contributed by atoms with E-state index in [1.165, 1.54) is 0 Å². The third-order valence-corrected chi connectivity index (χ3v) is 3.36. The van der Waals surface area contributed by atoms with Gasteiger partial charge in [-0.2, -0.15) is 0 Å². The molecule has 1 amide bonds. The standard InChI is InChI=1S/C13H27N3O2/c1-4-5-6-15-13(17)11(2)16-7-8-18-12(10-16)9-14-3/h11-12,14H,4-10H2,1-3H3,(H,15,17). The minimum atomic E-state index is -0.0647. The molecular formula is C13H27N3O2. The molecule has 0 aromatic heterocycles. The molecule has 1 rings (SSSR count). The van der Waals surface area contributed by atoms with Gasteiger partial charge in [-0.1, -0.05) is 13.3 Å². The molecule has 5 heteroatoms. The molecule has 5 nitrogen and oxygen atoms in total. The van der Waals surface area contributed by atoms with Gasteiger partial charge in [-0.25, -0.2) is 0 Å².